The van der Waals surface area contributed by atoms with Crippen molar-refractivity contribution in [2.24, 2.45) is 0 Å². The number of halogens is 1. The Morgan fingerprint density at radius 3 is 2.93 bits per heavy atom. The van der Waals surface area contributed by atoms with Gasteiger partial charge in [-0.15, -0.1) is 0 Å². The number of benzene rings is 1. The number of nitriles is 1. The van der Waals surface area contributed by atoms with Crippen molar-refractivity contribution in [3.05, 3.63) is 35.1 Å². The second-order valence-electron chi connectivity index (χ2n) is 3.26. The zero-order chi connectivity index (χ0) is 10.8. The van der Waals surface area contributed by atoms with Crippen molar-refractivity contribution in [1.82, 2.24) is 10.6 Å². The van der Waals surface area contributed by atoms with Crippen LogP contribution in [0.25, 0.3) is 0 Å². The van der Waals surface area contributed by atoms with E-state index in [9.17, 15) is 9.18 Å². The van der Waals surface area contributed by atoms with Gasteiger partial charge in [0.1, 0.15) is 11.9 Å². The fourth-order valence-corrected chi connectivity index (χ4v) is 1.50. The van der Waals surface area contributed by atoms with Crippen LogP contribution >= 0.6 is 0 Å². The fourth-order valence-electron chi connectivity index (χ4n) is 1.50. The molecule has 5 heteroatoms. The predicted molar refractivity (Wildman–Crippen MR) is 50.4 cm³/mol. The summed E-state index contributed by atoms with van der Waals surface area (Å²) in [6.45, 7) is 0.454. The highest BCUT2D eigenvalue weighted by atomic mass is 19.1. The molecular formula is C10H8FN3O. The number of nitrogens with zero attached hydrogens (tertiary/aromatic N) is 1. The maximum absolute atomic E-state index is 13.0. The SMILES string of the molecule is N#Cc1cc([C@H]2CNC(=O)N2)ccc1F. The molecular weight excluding hydrogens is 197 g/mol. The fraction of sp³-hybridized carbons (Fsp3) is 0.200. The highest BCUT2D eigenvalue weighted by Gasteiger charge is 2.22. The minimum atomic E-state index is -0.543. The molecule has 0 unspecified atom stereocenters. The molecule has 2 amide bonds. The number of hydrogen-bond donors (Lipinski definition) is 2. The lowest BCUT2D eigenvalue weighted by atomic mass is 10.0. The van der Waals surface area contributed by atoms with E-state index in [1.807, 2.05) is 0 Å². The van der Waals surface area contributed by atoms with Crippen LogP contribution in [0.2, 0.25) is 0 Å². The number of nitrogens with one attached hydrogen (secondary N) is 2. The van der Waals surface area contributed by atoms with Crippen molar-refractivity contribution in [1.29, 1.82) is 5.26 Å². The molecule has 0 aliphatic carbocycles. The zero-order valence-electron chi connectivity index (χ0n) is 7.75. The molecule has 0 spiro atoms. The minimum absolute atomic E-state index is 0.00588. The van der Waals surface area contributed by atoms with Crippen LogP contribution in [0.3, 0.4) is 0 Å². The lowest BCUT2D eigenvalue weighted by Crippen LogP contribution is -2.21. The van der Waals surface area contributed by atoms with E-state index in [2.05, 4.69) is 10.6 Å². The molecule has 4 nitrogen and oxygen atoms in total. The van der Waals surface area contributed by atoms with Gasteiger partial charge in [0, 0.05) is 6.54 Å². The summed E-state index contributed by atoms with van der Waals surface area (Å²) < 4.78 is 13.0. The average Bonchev–Trinajstić information content (AvgIpc) is 2.66. The molecule has 1 fully saturated rings. The quantitative estimate of drug-likeness (QED) is 0.719. The third-order valence-electron chi connectivity index (χ3n) is 2.29. The summed E-state index contributed by atoms with van der Waals surface area (Å²) in [5.41, 5.74) is 0.722. The second-order valence-corrected chi connectivity index (χ2v) is 3.26. The smallest absolute Gasteiger partial charge is 0.315 e. The molecule has 1 atom stereocenters. The van der Waals surface area contributed by atoms with Crippen LogP contribution in [-0.2, 0) is 0 Å². The lowest BCUT2D eigenvalue weighted by molar-refractivity contribution is 0.247. The highest BCUT2D eigenvalue weighted by molar-refractivity contribution is 5.76. The Labute approximate surface area is 85.7 Å². The maximum atomic E-state index is 13.0. The largest absolute Gasteiger partial charge is 0.336 e. The summed E-state index contributed by atoms with van der Waals surface area (Å²) in [6.07, 6.45) is 0. The molecule has 0 saturated carbocycles. The van der Waals surface area contributed by atoms with Gasteiger partial charge in [0.2, 0.25) is 0 Å². The van der Waals surface area contributed by atoms with E-state index in [0.29, 0.717) is 6.54 Å². The zero-order valence-corrected chi connectivity index (χ0v) is 7.75. The number of carbonyl (C=O) groups is 1. The van der Waals surface area contributed by atoms with Gasteiger partial charge in [-0.05, 0) is 17.7 Å². The van der Waals surface area contributed by atoms with Crippen molar-refractivity contribution in [2.45, 2.75) is 6.04 Å². The van der Waals surface area contributed by atoms with E-state index >= 15 is 0 Å². The Bertz CT molecular complexity index is 452. The lowest BCUT2D eigenvalue weighted by Gasteiger charge is -2.08. The summed E-state index contributed by atoms with van der Waals surface area (Å²) in [6, 6.07) is 5.57. The van der Waals surface area contributed by atoms with Crippen LogP contribution in [-0.4, -0.2) is 12.6 Å². The highest BCUT2D eigenvalue weighted by Crippen LogP contribution is 2.18. The van der Waals surface area contributed by atoms with E-state index in [0.717, 1.165) is 5.56 Å². The van der Waals surface area contributed by atoms with E-state index in [4.69, 9.17) is 5.26 Å². The molecule has 0 radical (unpaired) electrons. The summed E-state index contributed by atoms with van der Waals surface area (Å²) in [7, 11) is 0. The number of urea groups is 1. The Hall–Kier alpha value is -2.09. The molecule has 1 aliphatic rings. The number of hydrogen-bond acceptors (Lipinski definition) is 2. The van der Waals surface area contributed by atoms with Crippen LogP contribution < -0.4 is 10.6 Å². The van der Waals surface area contributed by atoms with E-state index in [1.54, 1.807) is 12.1 Å². The van der Waals surface area contributed by atoms with Crippen molar-refractivity contribution in [3.8, 4) is 6.07 Å². The monoisotopic (exact) mass is 205 g/mol. The predicted octanol–water partition coefficient (Wildman–Crippen LogP) is 1.05. The molecule has 1 saturated heterocycles. The van der Waals surface area contributed by atoms with Gasteiger partial charge in [-0.1, -0.05) is 6.07 Å². The molecule has 0 aromatic heterocycles. The van der Waals surface area contributed by atoms with Gasteiger partial charge in [0.25, 0.3) is 0 Å². The molecule has 1 aromatic rings. The summed E-state index contributed by atoms with van der Waals surface area (Å²) in [5, 5.41) is 13.9. The van der Waals surface area contributed by atoms with Gasteiger partial charge in [-0.3, -0.25) is 0 Å². The van der Waals surface area contributed by atoms with Crippen LogP contribution in [0.4, 0.5) is 9.18 Å². The molecule has 2 N–H and O–H groups in total. The maximum Gasteiger partial charge on any atom is 0.315 e. The summed E-state index contributed by atoms with van der Waals surface area (Å²) >= 11 is 0. The van der Waals surface area contributed by atoms with E-state index < -0.39 is 5.82 Å². The third kappa shape index (κ3) is 1.74. The Morgan fingerprint density at radius 2 is 2.33 bits per heavy atom. The topological polar surface area (TPSA) is 64.9 Å². The van der Waals surface area contributed by atoms with Crippen molar-refractivity contribution in [2.75, 3.05) is 6.54 Å². The third-order valence-corrected chi connectivity index (χ3v) is 2.29. The first-order chi connectivity index (χ1) is 7.20. The van der Waals surface area contributed by atoms with Gasteiger partial charge < -0.3 is 10.6 Å². The van der Waals surface area contributed by atoms with Gasteiger partial charge in [-0.2, -0.15) is 5.26 Å². The molecule has 0 bridgehead atoms. The normalized spacial score (nSPS) is 19.2. The minimum Gasteiger partial charge on any atom is -0.336 e. The average molecular weight is 205 g/mol. The van der Waals surface area contributed by atoms with Crippen LogP contribution in [0.15, 0.2) is 18.2 Å². The first-order valence-corrected chi connectivity index (χ1v) is 4.44. The van der Waals surface area contributed by atoms with Crippen LogP contribution in [0.1, 0.15) is 17.2 Å². The summed E-state index contributed by atoms with van der Waals surface area (Å²) in [5.74, 6) is -0.543. The molecule has 1 aliphatic heterocycles. The summed E-state index contributed by atoms with van der Waals surface area (Å²) in [4.78, 5) is 10.9. The standard InChI is InChI=1S/C10H8FN3O/c11-8-2-1-6(3-7(8)4-12)9-5-13-10(15)14-9/h1-3,9H,5H2,(H2,13,14,15)/t9-/m1/s1. The second kappa shape index (κ2) is 3.58. The number of carbonyl (C=O) groups excluding carboxylic acids is 1. The Kier molecular flexibility index (Phi) is 2.26. The van der Waals surface area contributed by atoms with Crippen molar-refractivity contribution in [3.63, 3.8) is 0 Å². The molecule has 2 rings (SSSR count). The molecule has 1 heterocycles. The van der Waals surface area contributed by atoms with Crippen molar-refractivity contribution >= 4 is 6.03 Å². The number of rotatable bonds is 1. The molecule has 1 aromatic carbocycles. The van der Waals surface area contributed by atoms with Crippen LogP contribution in [0.5, 0.6) is 0 Å². The van der Waals surface area contributed by atoms with Crippen molar-refractivity contribution < 1.29 is 9.18 Å². The van der Waals surface area contributed by atoms with Gasteiger partial charge in [0.05, 0.1) is 11.6 Å². The van der Waals surface area contributed by atoms with Gasteiger partial charge in [0.15, 0.2) is 0 Å². The first kappa shape index (κ1) is 9.46. The Morgan fingerprint density at radius 1 is 1.53 bits per heavy atom. The van der Waals surface area contributed by atoms with Gasteiger partial charge in [-0.25, -0.2) is 9.18 Å². The van der Waals surface area contributed by atoms with Gasteiger partial charge >= 0.3 is 6.03 Å². The van der Waals surface area contributed by atoms with E-state index in [-0.39, 0.29) is 17.6 Å². The molecule has 76 valence electrons. The van der Waals surface area contributed by atoms with Crippen LogP contribution in [0, 0.1) is 17.1 Å². The molecule has 15 heavy (non-hydrogen) atoms. The Balaban J connectivity index is 2.30. The van der Waals surface area contributed by atoms with E-state index in [1.165, 1.54) is 12.1 Å². The first-order valence-electron chi connectivity index (χ1n) is 4.44. The number of amides is 2.